The maximum absolute atomic E-state index is 12.9. The van der Waals surface area contributed by atoms with Gasteiger partial charge >= 0.3 is 0 Å². The predicted octanol–water partition coefficient (Wildman–Crippen LogP) is 1.03. The van der Waals surface area contributed by atoms with E-state index in [0.717, 1.165) is 26.2 Å². The first kappa shape index (κ1) is 16.2. The maximum Gasteiger partial charge on any atom is 0.238 e. The average Bonchev–Trinajstić information content (AvgIpc) is 2.44. The van der Waals surface area contributed by atoms with Crippen LogP contribution >= 0.6 is 11.6 Å². The van der Waals surface area contributed by atoms with E-state index in [4.69, 9.17) is 16.7 Å². The molecule has 0 aliphatic carbocycles. The van der Waals surface area contributed by atoms with Crippen LogP contribution in [0.3, 0.4) is 0 Å². The van der Waals surface area contributed by atoms with Crippen molar-refractivity contribution in [2.45, 2.75) is 0 Å². The van der Waals surface area contributed by atoms with Crippen molar-refractivity contribution in [2.24, 2.45) is 0 Å². The molecule has 7 heteroatoms. The van der Waals surface area contributed by atoms with E-state index in [1.54, 1.807) is 0 Å². The minimum atomic E-state index is -0.432. The van der Waals surface area contributed by atoms with E-state index in [1.807, 2.05) is 4.90 Å². The van der Waals surface area contributed by atoms with Crippen LogP contribution in [0.15, 0.2) is 18.2 Å². The van der Waals surface area contributed by atoms with Crippen molar-refractivity contribution in [3.05, 3.63) is 29.0 Å². The summed E-state index contributed by atoms with van der Waals surface area (Å²) in [6.07, 6.45) is 0. The van der Waals surface area contributed by atoms with Gasteiger partial charge in [-0.3, -0.25) is 14.6 Å². The number of amides is 1. The summed E-state index contributed by atoms with van der Waals surface area (Å²) in [5.74, 6) is -0.600. The summed E-state index contributed by atoms with van der Waals surface area (Å²) >= 11 is 5.87. The Morgan fingerprint density at radius 1 is 1.29 bits per heavy atom. The topological polar surface area (TPSA) is 55.8 Å². The van der Waals surface area contributed by atoms with Gasteiger partial charge in [-0.25, -0.2) is 4.39 Å². The second-order valence-corrected chi connectivity index (χ2v) is 5.42. The molecule has 1 aromatic rings. The number of carbonyl (C=O) groups is 1. The van der Waals surface area contributed by atoms with Crippen molar-refractivity contribution in [3.63, 3.8) is 0 Å². The molecule has 1 amide bonds. The summed E-state index contributed by atoms with van der Waals surface area (Å²) in [7, 11) is 0. The number of hydrogen-bond acceptors (Lipinski definition) is 4. The molecule has 21 heavy (non-hydrogen) atoms. The van der Waals surface area contributed by atoms with Gasteiger partial charge in [0.05, 0.1) is 23.9 Å². The lowest BCUT2D eigenvalue weighted by Gasteiger charge is -2.33. The molecule has 0 saturated carbocycles. The van der Waals surface area contributed by atoms with Gasteiger partial charge in [-0.05, 0) is 18.2 Å². The largest absolute Gasteiger partial charge is 0.395 e. The Labute approximate surface area is 128 Å². The Kier molecular flexibility index (Phi) is 5.93. The third-order valence-electron chi connectivity index (χ3n) is 3.45. The molecule has 0 unspecified atom stereocenters. The standard InChI is InChI=1S/C14H19ClFN3O2/c15-12-9-11(16)1-2-13(12)17-14(21)10-19-5-3-18(4-6-19)7-8-20/h1-2,9,20H,3-8,10H2,(H,17,21). The zero-order valence-corrected chi connectivity index (χ0v) is 12.4. The Morgan fingerprint density at radius 2 is 1.95 bits per heavy atom. The number of piperazine rings is 1. The van der Waals surface area contributed by atoms with Gasteiger partial charge in [0.2, 0.25) is 5.91 Å². The number of rotatable bonds is 5. The Balaban J connectivity index is 1.80. The van der Waals surface area contributed by atoms with Crippen LogP contribution in [-0.2, 0) is 4.79 Å². The highest BCUT2D eigenvalue weighted by atomic mass is 35.5. The summed E-state index contributed by atoms with van der Waals surface area (Å²) in [6, 6.07) is 3.88. The lowest BCUT2D eigenvalue weighted by atomic mass is 10.3. The van der Waals surface area contributed by atoms with Gasteiger partial charge in [0, 0.05) is 32.7 Å². The Morgan fingerprint density at radius 3 is 2.57 bits per heavy atom. The van der Waals surface area contributed by atoms with Crippen LogP contribution in [0, 0.1) is 5.82 Å². The van der Waals surface area contributed by atoms with Gasteiger partial charge in [-0.2, -0.15) is 0 Å². The monoisotopic (exact) mass is 315 g/mol. The number of aliphatic hydroxyl groups is 1. The second kappa shape index (κ2) is 7.70. The number of halogens is 2. The van der Waals surface area contributed by atoms with E-state index in [0.29, 0.717) is 12.2 Å². The van der Waals surface area contributed by atoms with Gasteiger partial charge in [-0.15, -0.1) is 0 Å². The molecule has 5 nitrogen and oxygen atoms in total. The number of nitrogens with zero attached hydrogens (tertiary/aromatic N) is 2. The minimum Gasteiger partial charge on any atom is -0.395 e. The molecule has 1 heterocycles. The molecular weight excluding hydrogens is 297 g/mol. The van der Waals surface area contributed by atoms with Crippen molar-refractivity contribution in [3.8, 4) is 0 Å². The third-order valence-corrected chi connectivity index (χ3v) is 3.77. The fourth-order valence-corrected chi connectivity index (χ4v) is 2.51. The third kappa shape index (κ3) is 4.93. The highest BCUT2D eigenvalue weighted by molar-refractivity contribution is 6.33. The number of hydrogen-bond donors (Lipinski definition) is 2. The van der Waals surface area contributed by atoms with Crippen molar-refractivity contribution < 1.29 is 14.3 Å². The van der Waals surface area contributed by atoms with Crippen LogP contribution in [0.25, 0.3) is 0 Å². The molecule has 0 radical (unpaired) electrons. The quantitative estimate of drug-likeness (QED) is 0.852. The highest BCUT2D eigenvalue weighted by Gasteiger charge is 2.18. The van der Waals surface area contributed by atoms with Crippen LogP contribution in [0.4, 0.5) is 10.1 Å². The molecule has 1 fully saturated rings. The predicted molar refractivity (Wildman–Crippen MR) is 80.0 cm³/mol. The summed E-state index contributed by atoms with van der Waals surface area (Å²) < 4.78 is 12.9. The molecule has 0 aromatic heterocycles. The minimum absolute atomic E-state index is 0.156. The number of nitrogens with one attached hydrogen (secondary N) is 1. The number of anilines is 1. The normalized spacial score (nSPS) is 16.9. The molecule has 1 aromatic carbocycles. The molecule has 116 valence electrons. The molecule has 0 bridgehead atoms. The van der Waals surface area contributed by atoms with E-state index in [2.05, 4.69) is 10.2 Å². The van der Waals surface area contributed by atoms with Gasteiger partial charge in [-0.1, -0.05) is 11.6 Å². The zero-order valence-electron chi connectivity index (χ0n) is 11.7. The number of β-amino-alcohol motifs (C(OH)–C–C–N with tert-alkyl or cyclic N) is 1. The van der Waals surface area contributed by atoms with Crippen molar-refractivity contribution in [1.82, 2.24) is 9.80 Å². The van der Waals surface area contributed by atoms with Crippen LogP contribution in [-0.4, -0.2) is 66.7 Å². The summed E-state index contributed by atoms with van der Waals surface area (Å²) in [4.78, 5) is 16.2. The van der Waals surface area contributed by atoms with Crippen LogP contribution in [0.1, 0.15) is 0 Å². The molecular formula is C14H19ClFN3O2. The van der Waals surface area contributed by atoms with Crippen molar-refractivity contribution in [2.75, 3.05) is 51.2 Å². The van der Waals surface area contributed by atoms with Gasteiger partial charge in [0.1, 0.15) is 5.82 Å². The van der Waals surface area contributed by atoms with Gasteiger partial charge in [0.25, 0.3) is 0 Å². The van der Waals surface area contributed by atoms with E-state index in [1.165, 1.54) is 18.2 Å². The SMILES string of the molecule is O=C(CN1CCN(CCO)CC1)Nc1ccc(F)cc1Cl. The highest BCUT2D eigenvalue weighted by Crippen LogP contribution is 2.22. The number of carbonyl (C=O) groups excluding carboxylic acids is 1. The van der Waals surface area contributed by atoms with Crippen molar-refractivity contribution >= 4 is 23.2 Å². The first-order valence-corrected chi connectivity index (χ1v) is 7.27. The molecule has 1 aliphatic heterocycles. The lowest BCUT2D eigenvalue weighted by molar-refractivity contribution is -0.117. The zero-order chi connectivity index (χ0) is 15.2. The van der Waals surface area contributed by atoms with Crippen molar-refractivity contribution in [1.29, 1.82) is 0 Å². The van der Waals surface area contributed by atoms with E-state index >= 15 is 0 Å². The van der Waals surface area contributed by atoms with E-state index in [9.17, 15) is 9.18 Å². The first-order valence-electron chi connectivity index (χ1n) is 6.89. The Bertz CT molecular complexity index is 493. The number of aliphatic hydroxyl groups excluding tert-OH is 1. The van der Waals surface area contributed by atoms with Gasteiger partial charge < -0.3 is 10.4 Å². The molecule has 0 atom stereocenters. The van der Waals surface area contributed by atoms with E-state index in [-0.39, 0.29) is 24.1 Å². The fraction of sp³-hybridized carbons (Fsp3) is 0.500. The van der Waals surface area contributed by atoms with Crippen LogP contribution < -0.4 is 5.32 Å². The lowest BCUT2D eigenvalue weighted by Crippen LogP contribution is -2.49. The molecule has 1 aliphatic rings. The van der Waals surface area contributed by atoms with Crippen LogP contribution in [0.5, 0.6) is 0 Å². The smallest absolute Gasteiger partial charge is 0.238 e. The summed E-state index contributed by atoms with van der Waals surface area (Å²) in [5, 5.41) is 11.8. The summed E-state index contributed by atoms with van der Waals surface area (Å²) in [6.45, 7) is 4.35. The van der Waals surface area contributed by atoms with Gasteiger partial charge in [0.15, 0.2) is 0 Å². The summed E-state index contributed by atoms with van der Waals surface area (Å²) in [5.41, 5.74) is 0.419. The molecule has 2 N–H and O–H groups in total. The molecule has 0 spiro atoms. The van der Waals surface area contributed by atoms with Crippen LogP contribution in [0.2, 0.25) is 5.02 Å². The molecule has 2 rings (SSSR count). The number of benzene rings is 1. The van der Waals surface area contributed by atoms with E-state index < -0.39 is 5.82 Å². The average molecular weight is 316 g/mol. The second-order valence-electron chi connectivity index (χ2n) is 5.01. The fourth-order valence-electron chi connectivity index (χ4n) is 2.30. The first-order chi connectivity index (χ1) is 10.1. The maximum atomic E-state index is 12.9. The molecule has 1 saturated heterocycles. The Hall–Kier alpha value is -1.21.